The Hall–Kier alpha value is -2.27. The molecule has 0 radical (unpaired) electrons. The second-order valence-electron chi connectivity index (χ2n) is 5.64. The normalized spacial score (nSPS) is 21.6. The average Bonchev–Trinajstić information content (AvgIpc) is 2.54. The second-order valence-corrected chi connectivity index (χ2v) is 5.64. The maximum atomic E-state index is 11.5. The van der Waals surface area contributed by atoms with Crippen molar-refractivity contribution < 1.29 is 9.53 Å². The molecule has 2 heterocycles. The first-order chi connectivity index (χ1) is 10.7. The highest BCUT2D eigenvalue weighted by Gasteiger charge is 2.24. The van der Waals surface area contributed by atoms with E-state index in [0.29, 0.717) is 5.56 Å². The summed E-state index contributed by atoms with van der Waals surface area (Å²) in [4.78, 5) is 22.1. The molecule has 1 aliphatic heterocycles. The van der Waals surface area contributed by atoms with E-state index in [2.05, 4.69) is 28.7 Å². The lowest BCUT2D eigenvalue weighted by Gasteiger charge is -2.37. The number of rotatable bonds is 3. The molecule has 22 heavy (non-hydrogen) atoms. The van der Waals surface area contributed by atoms with Gasteiger partial charge in [-0.15, -0.1) is 0 Å². The molecule has 3 rings (SSSR count). The Morgan fingerprint density at radius 1 is 1.23 bits per heavy atom. The van der Waals surface area contributed by atoms with Crippen molar-refractivity contribution in [2.75, 3.05) is 18.0 Å². The summed E-state index contributed by atoms with van der Waals surface area (Å²) in [6.07, 6.45) is 6.19. The van der Waals surface area contributed by atoms with Crippen molar-refractivity contribution in [3.05, 3.63) is 42.4 Å². The lowest BCUT2D eigenvalue weighted by Crippen LogP contribution is -2.45. The van der Waals surface area contributed by atoms with Gasteiger partial charge in [-0.05, 0) is 26.0 Å². The molecule has 1 saturated heterocycles. The Balaban J connectivity index is 1.94. The largest absolute Gasteiger partial charge is 0.372 e. The van der Waals surface area contributed by atoms with Crippen LogP contribution < -0.4 is 4.90 Å². The van der Waals surface area contributed by atoms with Crippen molar-refractivity contribution in [2.24, 2.45) is 0 Å². The van der Waals surface area contributed by atoms with Crippen molar-refractivity contribution in [1.82, 2.24) is 9.97 Å². The lowest BCUT2D eigenvalue weighted by atomic mass is 10.0. The van der Waals surface area contributed by atoms with Gasteiger partial charge in [0.2, 0.25) is 0 Å². The molecule has 0 N–H and O–H groups in total. The third-order valence-electron chi connectivity index (χ3n) is 3.77. The maximum Gasteiger partial charge on any atom is 0.152 e. The van der Waals surface area contributed by atoms with Crippen molar-refractivity contribution in [2.45, 2.75) is 26.1 Å². The highest BCUT2D eigenvalue weighted by atomic mass is 16.5. The summed E-state index contributed by atoms with van der Waals surface area (Å²) in [6.45, 7) is 5.68. The number of carbonyl (C=O) groups excluding carboxylic acids is 1. The zero-order valence-electron chi connectivity index (χ0n) is 12.8. The van der Waals surface area contributed by atoms with Crippen LogP contribution in [0.3, 0.4) is 0 Å². The van der Waals surface area contributed by atoms with Gasteiger partial charge in [0.1, 0.15) is 0 Å². The number of ether oxygens (including phenoxy) is 1. The van der Waals surface area contributed by atoms with Gasteiger partial charge in [0.25, 0.3) is 0 Å². The van der Waals surface area contributed by atoms with Crippen molar-refractivity contribution >= 4 is 12.0 Å². The molecule has 5 heteroatoms. The number of benzene rings is 1. The predicted octanol–water partition coefficient (Wildman–Crippen LogP) is 2.57. The number of morpholine rings is 1. The molecule has 1 fully saturated rings. The molecular formula is C17H19N3O2. The number of hydrogen-bond acceptors (Lipinski definition) is 5. The minimum atomic E-state index is 0.155. The lowest BCUT2D eigenvalue weighted by molar-refractivity contribution is -0.00525. The Kier molecular flexibility index (Phi) is 4.15. The average molecular weight is 297 g/mol. The first kappa shape index (κ1) is 14.7. The van der Waals surface area contributed by atoms with Crippen LogP contribution in [-0.4, -0.2) is 41.6 Å². The molecule has 0 saturated carbocycles. The van der Waals surface area contributed by atoms with Gasteiger partial charge in [0, 0.05) is 42.3 Å². The predicted molar refractivity (Wildman–Crippen MR) is 85.1 cm³/mol. The summed E-state index contributed by atoms with van der Waals surface area (Å²) in [5.74, 6) is 0. The van der Waals surface area contributed by atoms with Gasteiger partial charge in [0.05, 0.1) is 24.1 Å². The molecule has 1 aliphatic rings. The summed E-state index contributed by atoms with van der Waals surface area (Å²) in [7, 11) is 0. The van der Waals surface area contributed by atoms with Gasteiger partial charge < -0.3 is 9.64 Å². The molecule has 0 aliphatic carbocycles. The quantitative estimate of drug-likeness (QED) is 0.815. The van der Waals surface area contributed by atoms with E-state index in [0.717, 1.165) is 36.3 Å². The Labute approximate surface area is 130 Å². The van der Waals surface area contributed by atoms with Crippen LogP contribution in [0, 0.1) is 0 Å². The van der Waals surface area contributed by atoms with Crippen LogP contribution in [0.5, 0.6) is 0 Å². The molecule has 114 valence electrons. The highest BCUT2D eigenvalue weighted by Crippen LogP contribution is 2.27. The minimum Gasteiger partial charge on any atom is -0.372 e. The first-order valence-corrected chi connectivity index (χ1v) is 7.43. The molecule has 1 aromatic carbocycles. The third-order valence-corrected chi connectivity index (χ3v) is 3.77. The molecule has 1 aromatic heterocycles. The number of aldehydes is 1. The van der Waals surface area contributed by atoms with E-state index in [9.17, 15) is 4.79 Å². The number of nitrogens with zero attached hydrogens (tertiary/aromatic N) is 3. The van der Waals surface area contributed by atoms with Gasteiger partial charge in [-0.2, -0.15) is 0 Å². The van der Waals surface area contributed by atoms with Crippen molar-refractivity contribution in [3.63, 3.8) is 0 Å². The van der Waals surface area contributed by atoms with Crippen LogP contribution in [0.4, 0.5) is 5.69 Å². The Morgan fingerprint density at radius 2 is 2.00 bits per heavy atom. The molecular weight excluding hydrogens is 278 g/mol. The second kappa shape index (κ2) is 6.23. The highest BCUT2D eigenvalue weighted by molar-refractivity contribution is 5.87. The zero-order chi connectivity index (χ0) is 15.5. The number of carbonyl (C=O) groups is 1. The minimum absolute atomic E-state index is 0.155. The molecule has 2 unspecified atom stereocenters. The first-order valence-electron chi connectivity index (χ1n) is 7.43. The number of anilines is 1. The van der Waals surface area contributed by atoms with Crippen LogP contribution in [-0.2, 0) is 4.74 Å². The summed E-state index contributed by atoms with van der Waals surface area (Å²) in [6, 6.07) is 5.84. The fourth-order valence-corrected chi connectivity index (χ4v) is 2.92. The molecule has 0 bridgehead atoms. The summed E-state index contributed by atoms with van der Waals surface area (Å²) in [5, 5.41) is 0. The third kappa shape index (κ3) is 2.99. The van der Waals surface area contributed by atoms with E-state index < -0.39 is 0 Å². The summed E-state index contributed by atoms with van der Waals surface area (Å²) < 4.78 is 5.76. The van der Waals surface area contributed by atoms with Crippen LogP contribution in [0.15, 0.2) is 36.8 Å². The van der Waals surface area contributed by atoms with Crippen molar-refractivity contribution in [3.8, 4) is 11.3 Å². The smallest absolute Gasteiger partial charge is 0.152 e. The van der Waals surface area contributed by atoms with Gasteiger partial charge in [-0.1, -0.05) is 6.07 Å². The van der Waals surface area contributed by atoms with E-state index in [-0.39, 0.29) is 12.2 Å². The molecule has 0 spiro atoms. The van der Waals surface area contributed by atoms with E-state index in [1.54, 1.807) is 18.6 Å². The molecule has 5 nitrogen and oxygen atoms in total. The Bertz CT molecular complexity index is 650. The van der Waals surface area contributed by atoms with Crippen molar-refractivity contribution in [1.29, 1.82) is 0 Å². The van der Waals surface area contributed by atoms with Gasteiger partial charge in [-0.3, -0.25) is 14.8 Å². The fraction of sp³-hybridized carbons (Fsp3) is 0.353. The fourth-order valence-electron chi connectivity index (χ4n) is 2.92. The molecule has 0 amide bonds. The molecule has 2 aromatic rings. The number of hydrogen-bond donors (Lipinski definition) is 0. The van der Waals surface area contributed by atoms with Crippen LogP contribution in [0.1, 0.15) is 24.2 Å². The molecule has 2 atom stereocenters. The summed E-state index contributed by atoms with van der Waals surface area (Å²) >= 11 is 0. The van der Waals surface area contributed by atoms with E-state index in [1.807, 2.05) is 18.2 Å². The van der Waals surface area contributed by atoms with E-state index in [1.165, 1.54) is 0 Å². The maximum absolute atomic E-state index is 11.5. The number of aromatic nitrogens is 2. The van der Waals surface area contributed by atoms with Crippen LogP contribution in [0.2, 0.25) is 0 Å². The van der Waals surface area contributed by atoms with E-state index in [4.69, 9.17) is 4.74 Å². The van der Waals surface area contributed by atoms with Gasteiger partial charge in [-0.25, -0.2) is 0 Å². The van der Waals surface area contributed by atoms with Crippen LogP contribution in [0.25, 0.3) is 11.3 Å². The monoisotopic (exact) mass is 297 g/mol. The Morgan fingerprint density at radius 3 is 2.64 bits per heavy atom. The topological polar surface area (TPSA) is 55.3 Å². The SMILES string of the molecule is CC1CN(c2ccc(-c3cnccn3)cc2C=O)CC(C)O1. The van der Waals surface area contributed by atoms with E-state index >= 15 is 0 Å². The standard InChI is InChI=1S/C17H19N3O2/c1-12-9-20(10-13(2)22-12)17-4-3-14(7-15(17)11-21)16-8-18-5-6-19-16/h3-8,11-13H,9-10H2,1-2H3. The van der Waals surface area contributed by atoms with Gasteiger partial charge >= 0.3 is 0 Å². The zero-order valence-corrected chi connectivity index (χ0v) is 12.8. The summed E-state index contributed by atoms with van der Waals surface area (Å²) in [5.41, 5.74) is 3.28. The van der Waals surface area contributed by atoms with Gasteiger partial charge in [0.15, 0.2) is 6.29 Å². The van der Waals surface area contributed by atoms with Crippen LogP contribution >= 0.6 is 0 Å².